The predicted molar refractivity (Wildman–Crippen MR) is 142 cm³/mol. The number of nitrogens with zero attached hydrogens (tertiary/aromatic N) is 7. The molecule has 0 atom stereocenters. The van der Waals surface area contributed by atoms with Gasteiger partial charge in [-0.15, -0.1) is 0 Å². The van der Waals surface area contributed by atoms with Gasteiger partial charge in [0.05, 0.1) is 6.20 Å². The van der Waals surface area contributed by atoms with Gasteiger partial charge in [-0.3, -0.25) is 0 Å². The van der Waals surface area contributed by atoms with Gasteiger partial charge in [-0.2, -0.15) is 5.10 Å². The zero-order valence-electron chi connectivity index (χ0n) is 20.4. The molecule has 0 aliphatic carbocycles. The van der Waals surface area contributed by atoms with Crippen LogP contribution in [0.25, 0.3) is 16.8 Å². The molecule has 0 amide bonds. The predicted octanol–water partition coefficient (Wildman–Crippen LogP) is 2.53. The maximum absolute atomic E-state index is 8.93. The van der Waals surface area contributed by atoms with Crippen LogP contribution in [-0.4, -0.2) is 67.9 Å². The van der Waals surface area contributed by atoms with E-state index in [1.807, 2.05) is 30.7 Å². The number of aromatic nitrogens is 5. The number of fused-ring (bicyclic) bond motifs is 1. The van der Waals surface area contributed by atoms with E-state index in [9.17, 15) is 0 Å². The Morgan fingerprint density at radius 3 is 1.81 bits per heavy atom. The second-order valence-electron chi connectivity index (χ2n) is 9.30. The lowest BCUT2D eigenvalue weighted by atomic mass is 9.82. The fourth-order valence-electron chi connectivity index (χ4n) is 4.69. The van der Waals surface area contributed by atoms with Gasteiger partial charge in [-0.25, -0.2) is 19.5 Å². The van der Waals surface area contributed by atoms with E-state index < -0.39 is 7.12 Å². The second-order valence-corrected chi connectivity index (χ2v) is 9.30. The molecule has 2 N–H and O–H groups in total. The van der Waals surface area contributed by atoms with Gasteiger partial charge < -0.3 is 19.8 Å². The van der Waals surface area contributed by atoms with Gasteiger partial charge in [-0.05, 0) is 56.7 Å². The van der Waals surface area contributed by atoms with Crippen LogP contribution < -0.4 is 15.3 Å². The van der Waals surface area contributed by atoms with Crippen LogP contribution in [0.3, 0.4) is 0 Å². The highest BCUT2D eigenvalue weighted by Crippen LogP contribution is 2.22. The highest BCUT2D eigenvalue weighted by molar-refractivity contribution is 6.58. The average Bonchev–Trinajstić information content (AvgIpc) is 3.43. The summed E-state index contributed by atoms with van der Waals surface area (Å²) >= 11 is 0. The van der Waals surface area contributed by atoms with Crippen molar-refractivity contribution < 1.29 is 10.0 Å². The Bertz CT molecular complexity index is 1240. The molecule has 0 saturated carbocycles. The first-order valence-corrected chi connectivity index (χ1v) is 12.8. The summed E-state index contributed by atoms with van der Waals surface area (Å²) in [6.45, 7) is 4.34. The van der Waals surface area contributed by atoms with Gasteiger partial charge in [0.1, 0.15) is 11.6 Å². The lowest BCUT2D eigenvalue weighted by Crippen LogP contribution is -2.33. The van der Waals surface area contributed by atoms with Crippen LogP contribution in [0, 0.1) is 0 Å². The summed E-state index contributed by atoms with van der Waals surface area (Å²) in [7, 11) is -1.42. The maximum atomic E-state index is 8.93. The molecule has 0 aromatic carbocycles. The Morgan fingerprint density at radius 1 is 0.639 bits per heavy atom. The van der Waals surface area contributed by atoms with Gasteiger partial charge in [0.25, 0.3) is 0 Å². The number of hydrogen-bond donors (Lipinski definition) is 2. The normalized spacial score (nSPS) is 15.9. The molecule has 10 heteroatoms. The zero-order chi connectivity index (χ0) is 24.7. The summed E-state index contributed by atoms with van der Waals surface area (Å²) in [6, 6.07) is 9.67. The smallest absolute Gasteiger partial charge is 0.423 e. The van der Waals surface area contributed by atoms with E-state index in [1.165, 1.54) is 44.7 Å². The molecule has 4 aromatic heterocycles. The van der Waals surface area contributed by atoms with Crippen molar-refractivity contribution in [3.63, 3.8) is 0 Å². The Balaban J connectivity index is 0.000000157. The molecular weight excluding hydrogens is 453 g/mol. The van der Waals surface area contributed by atoms with Crippen molar-refractivity contribution in [1.82, 2.24) is 24.6 Å². The first kappa shape index (κ1) is 24.2. The van der Waals surface area contributed by atoms with Crippen LogP contribution in [0.1, 0.15) is 38.5 Å². The van der Waals surface area contributed by atoms with Crippen molar-refractivity contribution >= 4 is 29.9 Å². The summed E-state index contributed by atoms with van der Waals surface area (Å²) < 4.78 is 1.79. The van der Waals surface area contributed by atoms with Gasteiger partial charge >= 0.3 is 7.12 Å². The van der Waals surface area contributed by atoms with Crippen molar-refractivity contribution in [2.45, 2.75) is 38.5 Å². The Labute approximate surface area is 211 Å². The molecule has 6 heterocycles. The van der Waals surface area contributed by atoms with E-state index in [4.69, 9.17) is 10.0 Å². The van der Waals surface area contributed by atoms with Crippen LogP contribution in [0.5, 0.6) is 0 Å². The third-order valence-electron chi connectivity index (χ3n) is 6.76. The zero-order valence-corrected chi connectivity index (χ0v) is 20.4. The molecule has 2 saturated heterocycles. The van der Waals surface area contributed by atoms with Crippen LogP contribution in [0.4, 0.5) is 11.6 Å². The van der Waals surface area contributed by atoms with E-state index in [2.05, 4.69) is 42.0 Å². The van der Waals surface area contributed by atoms with Crippen molar-refractivity contribution in [3.8, 4) is 11.1 Å². The number of anilines is 2. The molecule has 4 aromatic rings. The largest absolute Gasteiger partial charge is 0.490 e. The standard InChI is InChI=1S/C16H17N5.C10H15BN2O2/c1-2-8-20(9-3-1)15-5-4-13(10-17-15)14-11-18-16-6-7-19-21(16)12-14;14-11(15)9-4-5-10(12-8-9)13-6-2-1-3-7-13/h4-7,10-12H,1-3,8-9H2;4-5,8,14-15H,1-3,6-7H2. The minimum absolute atomic E-state index is 0.441. The quantitative estimate of drug-likeness (QED) is 0.426. The fraction of sp³-hybridized carbons (Fsp3) is 0.385. The van der Waals surface area contributed by atoms with E-state index in [0.717, 1.165) is 54.6 Å². The maximum Gasteiger partial charge on any atom is 0.490 e. The lowest BCUT2D eigenvalue weighted by molar-refractivity contribution is 0.425. The summed E-state index contributed by atoms with van der Waals surface area (Å²) in [5.41, 5.74) is 3.40. The van der Waals surface area contributed by atoms with Crippen molar-refractivity contribution in [1.29, 1.82) is 0 Å². The molecule has 0 spiro atoms. The second kappa shape index (κ2) is 11.5. The fourth-order valence-corrected chi connectivity index (χ4v) is 4.69. The first-order valence-electron chi connectivity index (χ1n) is 12.8. The molecule has 2 fully saturated rings. The van der Waals surface area contributed by atoms with Gasteiger partial charge in [0, 0.05) is 73.6 Å². The van der Waals surface area contributed by atoms with Gasteiger partial charge in [0.2, 0.25) is 0 Å². The molecule has 0 unspecified atom stereocenters. The molecule has 6 rings (SSSR count). The highest BCUT2D eigenvalue weighted by Gasteiger charge is 2.15. The number of rotatable bonds is 4. The SMILES string of the molecule is OB(O)c1ccc(N2CCCCC2)nc1.c1cc2ncc(-c3ccc(N4CCCCC4)nc3)cn2n1. The molecular formula is C26H32BN7O2. The molecule has 2 aliphatic rings. The van der Waals surface area contributed by atoms with Crippen LogP contribution in [-0.2, 0) is 0 Å². The van der Waals surface area contributed by atoms with Crippen LogP contribution >= 0.6 is 0 Å². The molecule has 186 valence electrons. The third kappa shape index (κ3) is 5.83. The molecule has 0 radical (unpaired) electrons. The lowest BCUT2D eigenvalue weighted by Gasteiger charge is -2.27. The number of pyridine rings is 2. The molecule has 36 heavy (non-hydrogen) atoms. The van der Waals surface area contributed by atoms with E-state index in [0.29, 0.717) is 5.46 Å². The minimum atomic E-state index is -1.42. The van der Waals surface area contributed by atoms with E-state index >= 15 is 0 Å². The van der Waals surface area contributed by atoms with Crippen molar-refractivity contribution in [2.75, 3.05) is 36.0 Å². The highest BCUT2D eigenvalue weighted by atomic mass is 16.4. The summed E-state index contributed by atoms with van der Waals surface area (Å²) in [6.07, 6.45) is 16.7. The third-order valence-corrected chi connectivity index (χ3v) is 6.76. The van der Waals surface area contributed by atoms with Crippen molar-refractivity contribution in [3.05, 3.63) is 61.3 Å². The summed E-state index contributed by atoms with van der Waals surface area (Å²) in [5.74, 6) is 2.01. The summed E-state index contributed by atoms with van der Waals surface area (Å²) in [4.78, 5) is 17.8. The Morgan fingerprint density at radius 2 is 1.25 bits per heavy atom. The minimum Gasteiger partial charge on any atom is -0.423 e. The van der Waals surface area contributed by atoms with Gasteiger partial charge in [0.15, 0.2) is 5.65 Å². The molecule has 2 aliphatic heterocycles. The molecule has 9 nitrogen and oxygen atoms in total. The number of hydrogen-bond acceptors (Lipinski definition) is 8. The summed E-state index contributed by atoms with van der Waals surface area (Å²) in [5, 5.41) is 22.1. The monoisotopic (exact) mass is 485 g/mol. The first-order chi connectivity index (χ1) is 17.7. The Hall–Kier alpha value is -3.50. The van der Waals surface area contributed by atoms with Crippen LogP contribution in [0.15, 0.2) is 61.3 Å². The Kier molecular flexibility index (Phi) is 7.73. The van der Waals surface area contributed by atoms with E-state index in [1.54, 1.807) is 16.8 Å². The number of piperidine rings is 2. The van der Waals surface area contributed by atoms with Gasteiger partial charge in [-0.1, -0.05) is 6.07 Å². The van der Waals surface area contributed by atoms with E-state index in [-0.39, 0.29) is 0 Å². The average molecular weight is 485 g/mol. The topological polar surface area (TPSA) is 103 Å². The van der Waals surface area contributed by atoms with Crippen LogP contribution in [0.2, 0.25) is 0 Å². The molecule has 0 bridgehead atoms. The van der Waals surface area contributed by atoms with Crippen molar-refractivity contribution in [2.24, 2.45) is 0 Å².